The topological polar surface area (TPSA) is 109 Å². The summed E-state index contributed by atoms with van der Waals surface area (Å²) in [5.41, 5.74) is 0.777. The molecular formula is C18H19N5O3S2. The SMILES string of the molecule is O=C(CSc1n[nH]c(=O)n1CCc1ccccc1)NC(=O)NCc1cccs1. The molecule has 0 aliphatic heterocycles. The van der Waals surface area contributed by atoms with E-state index in [2.05, 4.69) is 20.8 Å². The van der Waals surface area contributed by atoms with Gasteiger partial charge < -0.3 is 5.32 Å². The quantitative estimate of drug-likeness (QED) is 0.486. The number of thiophene rings is 1. The Labute approximate surface area is 169 Å². The number of carbonyl (C=O) groups excluding carboxylic acids is 2. The van der Waals surface area contributed by atoms with E-state index in [9.17, 15) is 14.4 Å². The molecular weight excluding hydrogens is 398 g/mol. The summed E-state index contributed by atoms with van der Waals surface area (Å²) in [6.07, 6.45) is 0.672. The van der Waals surface area contributed by atoms with Crippen LogP contribution in [0, 0.1) is 0 Å². The Bertz CT molecular complexity index is 967. The van der Waals surface area contributed by atoms with E-state index in [4.69, 9.17) is 0 Å². The largest absolute Gasteiger partial charge is 0.343 e. The van der Waals surface area contributed by atoms with Crippen LogP contribution in [-0.2, 0) is 24.3 Å². The van der Waals surface area contributed by atoms with Crippen molar-refractivity contribution in [2.75, 3.05) is 5.75 Å². The van der Waals surface area contributed by atoms with Crippen molar-refractivity contribution in [2.24, 2.45) is 0 Å². The predicted octanol–water partition coefficient (Wildman–Crippen LogP) is 1.99. The van der Waals surface area contributed by atoms with Crippen LogP contribution in [0.1, 0.15) is 10.4 Å². The molecule has 3 amide bonds. The lowest BCUT2D eigenvalue weighted by molar-refractivity contribution is -0.117. The minimum atomic E-state index is -0.553. The van der Waals surface area contributed by atoms with Gasteiger partial charge in [-0.2, -0.15) is 0 Å². The summed E-state index contributed by atoms with van der Waals surface area (Å²) < 4.78 is 1.49. The number of amides is 3. The third kappa shape index (κ3) is 5.83. The van der Waals surface area contributed by atoms with Gasteiger partial charge in [0.25, 0.3) is 0 Å². The van der Waals surface area contributed by atoms with E-state index in [0.717, 1.165) is 22.2 Å². The molecule has 0 aliphatic carbocycles. The third-order valence-corrected chi connectivity index (χ3v) is 5.63. The van der Waals surface area contributed by atoms with Crippen molar-refractivity contribution in [3.63, 3.8) is 0 Å². The van der Waals surface area contributed by atoms with E-state index in [0.29, 0.717) is 24.7 Å². The highest BCUT2D eigenvalue weighted by molar-refractivity contribution is 7.99. The Morgan fingerprint density at radius 3 is 2.75 bits per heavy atom. The van der Waals surface area contributed by atoms with Crippen LogP contribution in [0.25, 0.3) is 0 Å². The van der Waals surface area contributed by atoms with Crippen molar-refractivity contribution in [2.45, 2.75) is 24.7 Å². The van der Waals surface area contributed by atoms with Crippen LogP contribution in [0.3, 0.4) is 0 Å². The van der Waals surface area contributed by atoms with Gasteiger partial charge in [0.1, 0.15) is 0 Å². The van der Waals surface area contributed by atoms with Crippen LogP contribution in [0.5, 0.6) is 0 Å². The maximum atomic E-state index is 12.0. The molecule has 3 rings (SSSR count). The zero-order valence-electron chi connectivity index (χ0n) is 14.9. The van der Waals surface area contributed by atoms with Gasteiger partial charge in [0.2, 0.25) is 5.91 Å². The Hall–Kier alpha value is -2.85. The number of aryl methyl sites for hydroxylation is 1. The number of H-pyrrole nitrogens is 1. The number of benzene rings is 1. The number of thioether (sulfide) groups is 1. The zero-order valence-corrected chi connectivity index (χ0v) is 16.5. The second-order valence-electron chi connectivity index (χ2n) is 5.80. The van der Waals surface area contributed by atoms with Crippen LogP contribution in [0.2, 0.25) is 0 Å². The van der Waals surface area contributed by atoms with Gasteiger partial charge in [-0.25, -0.2) is 14.7 Å². The Morgan fingerprint density at radius 1 is 1.18 bits per heavy atom. The molecule has 0 spiro atoms. The van der Waals surface area contributed by atoms with E-state index in [1.165, 1.54) is 15.9 Å². The Kier molecular flexibility index (Phi) is 7.04. The lowest BCUT2D eigenvalue weighted by Gasteiger charge is -2.07. The maximum absolute atomic E-state index is 12.0. The van der Waals surface area contributed by atoms with Gasteiger partial charge in [-0.05, 0) is 23.4 Å². The molecule has 0 atom stereocenters. The maximum Gasteiger partial charge on any atom is 0.343 e. The monoisotopic (exact) mass is 417 g/mol. The van der Waals surface area contributed by atoms with Gasteiger partial charge in [-0.3, -0.25) is 14.7 Å². The number of aromatic nitrogens is 3. The molecule has 3 aromatic rings. The number of urea groups is 1. The second-order valence-corrected chi connectivity index (χ2v) is 7.77. The van der Waals surface area contributed by atoms with Gasteiger partial charge in [0, 0.05) is 11.4 Å². The first-order valence-corrected chi connectivity index (χ1v) is 10.4. The van der Waals surface area contributed by atoms with Crippen LogP contribution >= 0.6 is 23.1 Å². The van der Waals surface area contributed by atoms with Crippen molar-refractivity contribution < 1.29 is 9.59 Å². The molecule has 28 heavy (non-hydrogen) atoms. The molecule has 0 aliphatic rings. The Balaban J connectivity index is 1.46. The number of carbonyl (C=O) groups is 2. The molecule has 0 bridgehead atoms. The van der Waals surface area contributed by atoms with E-state index in [1.54, 1.807) is 0 Å². The van der Waals surface area contributed by atoms with E-state index >= 15 is 0 Å². The first-order chi connectivity index (χ1) is 13.6. The van der Waals surface area contributed by atoms with Crippen molar-refractivity contribution in [3.8, 4) is 0 Å². The summed E-state index contributed by atoms with van der Waals surface area (Å²) >= 11 is 2.62. The Morgan fingerprint density at radius 2 is 2.00 bits per heavy atom. The van der Waals surface area contributed by atoms with Crippen molar-refractivity contribution in [1.29, 1.82) is 0 Å². The number of rotatable bonds is 8. The fourth-order valence-corrected chi connectivity index (χ4v) is 3.83. The zero-order chi connectivity index (χ0) is 19.8. The molecule has 2 aromatic heterocycles. The molecule has 146 valence electrons. The van der Waals surface area contributed by atoms with Crippen LogP contribution in [-0.4, -0.2) is 32.5 Å². The summed E-state index contributed by atoms with van der Waals surface area (Å²) in [4.78, 5) is 36.7. The first kappa shape index (κ1) is 19.9. The third-order valence-electron chi connectivity index (χ3n) is 3.78. The van der Waals surface area contributed by atoms with Crippen LogP contribution < -0.4 is 16.3 Å². The summed E-state index contributed by atoms with van der Waals surface area (Å²) in [5.74, 6) is -0.485. The van der Waals surface area contributed by atoms with E-state index in [-0.39, 0.29) is 11.4 Å². The van der Waals surface area contributed by atoms with Crippen LogP contribution in [0.15, 0.2) is 57.8 Å². The molecule has 0 saturated carbocycles. The van der Waals surface area contributed by atoms with Crippen molar-refractivity contribution in [3.05, 3.63) is 68.8 Å². The second kappa shape index (κ2) is 9.90. The number of imide groups is 1. The first-order valence-electron chi connectivity index (χ1n) is 8.54. The molecule has 1 aromatic carbocycles. The number of aromatic amines is 1. The molecule has 0 unspecified atom stereocenters. The molecule has 3 N–H and O–H groups in total. The summed E-state index contributed by atoms with van der Waals surface area (Å²) in [5, 5.41) is 13.6. The van der Waals surface area contributed by atoms with Crippen LogP contribution in [0.4, 0.5) is 4.79 Å². The smallest absolute Gasteiger partial charge is 0.333 e. The summed E-state index contributed by atoms with van der Waals surface area (Å²) in [6, 6.07) is 13.0. The van der Waals surface area contributed by atoms with E-state index < -0.39 is 11.9 Å². The van der Waals surface area contributed by atoms with Crippen molar-refractivity contribution in [1.82, 2.24) is 25.4 Å². The molecule has 2 heterocycles. The lowest BCUT2D eigenvalue weighted by atomic mass is 10.1. The van der Waals surface area contributed by atoms with Gasteiger partial charge >= 0.3 is 11.7 Å². The van der Waals surface area contributed by atoms with E-state index in [1.807, 2.05) is 47.8 Å². The molecule has 0 fully saturated rings. The average molecular weight is 418 g/mol. The molecule has 10 heteroatoms. The highest BCUT2D eigenvalue weighted by atomic mass is 32.2. The average Bonchev–Trinajstić information content (AvgIpc) is 3.34. The summed E-state index contributed by atoms with van der Waals surface area (Å²) in [6.45, 7) is 0.812. The van der Waals surface area contributed by atoms with Gasteiger partial charge in [0.15, 0.2) is 5.16 Å². The van der Waals surface area contributed by atoms with Gasteiger partial charge in [-0.15, -0.1) is 16.4 Å². The van der Waals surface area contributed by atoms with Gasteiger partial charge in [0.05, 0.1) is 12.3 Å². The standard InChI is InChI=1S/C18H19N5O3S2/c24-15(20-16(25)19-11-14-7-4-10-27-14)12-28-18-22-21-17(26)23(18)9-8-13-5-2-1-3-6-13/h1-7,10H,8-9,11-12H2,(H,21,26)(H2,19,20,24,25). The normalized spacial score (nSPS) is 10.6. The highest BCUT2D eigenvalue weighted by Crippen LogP contribution is 2.13. The molecule has 0 radical (unpaired) electrons. The number of hydrogen-bond acceptors (Lipinski definition) is 6. The summed E-state index contributed by atoms with van der Waals surface area (Å²) in [7, 11) is 0. The number of hydrogen-bond donors (Lipinski definition) is 3. The molecule has 0 saturated heterocycles. The minimum absolute atomic E-state index is 0.0257. The molecule has 8 nitrogen and oxygen atoms in total. The minimum Gasteiger partial charge on any atom is -0.333 e. The fraction of sp³-hybridized carbons (Fsp3) is 0.222. The fourth-order valence-electron chi connectivity index (χ4n) is 2.41. The lowest BCUT2D eigenvalue weighted by Crippen LogP contribution is -2.39. The number of nitrogens with zero attached hydrogens (tertiary/aromatic N) is 2. The predicted molar refractivity (Wildman–Crippen MR) is 108 cm³/mol. The van der Waals surface area contributed by atoms with Gasteiger partial charge in [-0.1, -0.05) is 48.2 Å². The number of nitrogens with one attached hydrogen (secondary N) is 3. The van der Waals surface area contributed by atoms with Crippen molar-refractivity contribution >= 4 is 35.0 Å². The highest BCUT2D eigenvalue weighted by Gasteiger charge is 2.13.